The number of hydrogen-bond acceptors (Lipinski definition) is 5. The summed E-state index contributed by atoms with van der Waals surface area (Å²) in [5, 5.41) is -0.461. The zero-order chi connectivity index (χ0) is 17.9. The highest BCUT2D eigenvalue weighted by Crippen LogP contribution is 2.22. The van der Waals surface area contributed by atoms with Gasteiger partial charge in [0.25, 0.3) is 0 Å². The van der Waals surface area contributed by atoms with Crippen molar-refractivity contribution in [2.24, 2.45) is 0 Å². The second kappa shape index (κ2) is 7.81. The van der Waals surface area contributed by atoms with E-state index in [1.165, 1.54) is 19.4 Å². The summed E-state index contributed by atoms with van der Waals surface area (Å²) in [4.78, 5) is 35.9. The van der Waals surface area contributed by atoms with E-state index in [4.69, 9.17) is 11.6 Å². The Bertz CT molecular complexity index is 865. The molecule has 0 radical (unpaired) electrons. The van der Waals surface area contributed by atoms with E-state index < -0.39 is 22.3 Å². The fraction of sp³-hybridized carbons (Fsp3) is 0.312. The normalized spacial score (nSPS) is 10.8. The number of pyridine rings is 1. The molecular formula is C16H15ClFNO4S. The molecule has 0 aliphatic rings. The average molecular weight is 372 g/mol. The zero-order valence-corrected chi connectivity index (χ0v) is 14.7. The van der Waals surface area contributed by atoms with E-state index in [9.17, 15) is 18.8 Å². The predicted molar refractivity (Wildman–Crippen MR) is 92.3 cm³/mol. The molecular weight excluding hydrogens is 357 g/mol. The minimum atomic E-state index is -0.716. The summed E-state index contributed by atoms with van der Waals surface area (Å²) >= 11 is 6.63. The highest BCUT2D eigenvalue weighted by Gasteiger charge is 2.17. The number of methoxy groups -OCH3 is 1. The molecule has 0 N–H and O–H groups in total. The van der Waals surface area contributed by atoms with Crippen molar-refractivity contribution in [1.82, 2.24) is 4.57 Å². The number of thioether (sulfide) groups is 1. The maximum absolute atomic E-state index is 13.7. The quantitative estimate of drug-likeness (QED) is 0.755. The maximum Gasteiger partial charge on any atom is 0.306 e. The predicted octanol–water partition coefficient (Wildman–Crippen LogP) is 3.25. The molecule has 1 heterocycles. The number of ether oxygens (including phenoxy) is 1. The third-order valence-electron chi connectivity index (χ3n) is 3.45. The monoisotopic (exact) mass is 371 g/mol. The summed E-state index contributed by atoms with van der Waals surface area (Å²) in [6.45, 7) is 2.31. The number of fused-ring (bicyclic) bond motifs is 1. The molecule has 0 aliphatic heterocycles. The molecule has 0 unspecified atom stereocenters. The number of carbonyl (C=O) groups excluding carboxylic acids is 2. The molecule has 0 spiro atoms. The van der Waals surface area contributed by atoms with Gasteiger partial charge in [0.2, 0.25) is 10.5 Å². The minimum Gasteiger partial charge on any atom is -0.469 e. The molecule has 0 saturated carbocycles. The van der Waals surface area contributed by atoms with E-state index in [1.807, 2.05) is 6.92 Å². The van der Waals surface area contributed by atoms with Crippen LogP contribution in [-0.2, 0) is 16.1 Å². The fourth-order valence-corrected chi connectivity index (χ4v) is 3.11. The van der Waals surface area contributed by atoms with Crippen LogP contribution in [0.2, 0.25) is 5.02 Å². The molecule has 0 saturated heterocycles. The first-order chi connectivity index (χ1) is 11.4. The molecule has 0 bridgehead atoms. The maximum atomic E-state index is 13.7. The van der Waals surface area contributed by atoms with Gasteiger partial charge in [-0.15, -0.1) is 0 Å². The van der Waals surface area contributed by atoms with Crippen molar-refractivity contribution in [2.75, 3.05) is 12.9 Å². The lowest BCUT2D eigenvalue weighted by Gasteiger charge is -2.11. The number of nitrogens with zero attached hydrogens (tertiary/aromatic N) is 1. The van der Waals surface area contributed by atoms with Gasteiger partial charge in [-0.05, 0) is 19.1 Å². The summed E-state index contributed by atoms with van der Waals surface area (Å²) in [5.41, 5.74) is -0.146. The number of carbonyl (C=O) groups is 2. The van der Waals surface area contributed by atoms with Crippen LogP contribution in [0.3, 0.4) is 0 Å². The van der Waals surface area contributed by atoms with Crippen LogP contribution in [0.15, 0.2) is 23.1 Å². The number of rotatable bonds is 5. The lowest BCUT2D eigenvalue weighted by atomic mass is 10.1. The van der Waals surface area contributed by atoms with Gasteiger partial charge in [0, 0.05) is 23.9 Å². The average Bonchev–Trinajstić information content (AvgIpc) is 2.56. The first-order valence-electron chi connectivity index (χ1n) is 7.15. The van der Waals surface area contributed by atoms with Crippen LogP contribution in [0.1, 0.15) is 23.7 Å². The minimum absolute atomic E-state index is 0.0547. The molecule has 0 atom stereocenters. The molecule has 128 valence electrons. The van der Waals surface area contributed by atoms with Gasteiger partial charge in [-0.3, -0.25) is 14.4 Å². The SMILES string of the molecule is CCn1cc(C(=O)SCCC(=O)OC)c(=O)c2cc(F)c(Cl)cc21. The zero-order valence-electron chi connectivity index (χ0n) is 13.1. The van der Waals surface area contributed by atoms with Crippen molar-refractivity contribution >= 4 is 45.4 Å². The second-order valence-corrected chi connectivity index (χ2v) is 6.38. The molecule has 24 heavy (non-hydrogen) atoms. The van der Waals surface area contributed by atoms with Crippen LogP contribution in [0, 0.1) is 5.82 Å². The third kappa shape index (κ3) is 3.79. The van der Waals surface area contributed by atoms with Crippen LogP contribution in [-0.4, -0.2) is 28.5 Å². The number of hydrogen-bond donors (Lipinski definition) is 0. The highest BCUT2D eigenvalue weighted by atomic mass is 35.5. The molecule has 0 aliphatic carbocycles. The van der Waals surface area contributed by atoms with E-state index in [2.05, 4.69) is 4.74 Å². The molecule has 8 heteroatoms. The van der Waals surface area contributed by atoms with E-state index in [1.54, 1.807) is 4.57 Å². The molecule has 0 amide bonds. The third-order valence-corrected chi connectivity index (χ3v) is 4.63. The van der Waals surface area contributed by atoms with Gasteiger partial charge < -0.3 is 9.30 Å². The Morgan fingerprint density at radius 1 is 1.38 bits per heavy atom. The van der Waals surface area contributed by atoms with E-state index in [0.29, 0.717) is 12.1 Å². The summed E-state index contributed by atoms with van der Waals surface area (Å²) in [5.74, 6) is -0.951. The Morgan fingerprint density at radius 3 is 2.71 bits per heavy atom. The van der Waals surface area contributed by atoms with Crippen LogP contribution in [0.5, 0.6) is 0 Å². The first kappa shape index (κ1) is 18.5. The van der Waals surface area contributed by atoms with Gasteiger partial charge in [-0.1, -0.05) is 23.4 Å². The van der Waals surface area contributed by atoms with Gasteiger partial charge in [0.15, 0.2) is 0 Å². The van der Waals surface area contributed by atoms with Crippen LogP contribution < -0.4 is 5.43 Å². The summed E-state index contributed by atoms with van der Waals surface area (Å²) in [6.07, 6.45) is 1.50. The lowest BCUT2D eigenvalue weighted by Crippen LogP contribution is -2.18. The number of benzene rings is 1. The lowest BCUT2D eigenvalue weighted by molar-refractivity contribution is -0.140. The van der Waals surface area contributed by atoms with E-state index in [-0.39, 0.29) is 28.1 Å². The van der Waals surface area contributed by atoms with Gasteiger partial charge in [-0.25, -0.2) is 4.39 Å². The van der Waals surface area contributed by atoms with Crippen molar-refractivity contribution in [3.8, 4) is 0 Å². The fourth-order valence-electron chi connectivity index (χ4n) is 2.20. The Balaban J connectivity index is 2.42. The van der Waals surface area contributed by atoms with Gasteiger partial charge in [-0.2, -0.15) is 0 Å². The van der Waals surface area contributed by atoms with Crippen molar-refractivity contribution < 1.29 is 18.7 Å². The van der Waals surface area contributed by atoms with Crippen molar-refractivity contribution in [2.45, 2.75) is 19.9 Å². The van der Waals surface area contributed by atoms with Crippen molar-refractivity contribution in [3.63, 3.8) is 0 Å². The van der Waals surface area contributed by atoms with Gasteiger partial charge in [0.1, 0.15) is 5.82 Å². The Labute approximate surface area is 146 Å². The Morgan fingerprint density at radius 2 is 2.08 bits per heavy atom. The standard InChI is InChI=1S/C16H15ClFNO4S/c1-3-19-8-10(16(22)24-5-4-14(20)23-2)15(21)9-6-12(18)11(17)7-13(9)19/h6-8H,3-5H2,1-2H3. The number of aryl methyl sites for hydroxylation is 1. The van der Waals surface area contributed by atoms with E-state index in [0.717, 1.165) is 17.8 Å². The molecule has 2 aromatic rings. The Hall–Kier alpha value is -1.86. The molecule has 5 nitrogen and oxygen atoms in total. The highest BCUT2D eigenvalue weighted by molar-refractivity contribution is 8.14. The summed E-state index contributed by atoms with van der Waals surface area (Å²) in [6, 6.07) is 2.41. The topological polar surface area (TPSA) is 65.4 Å². The van der Waals surface area contributed by atoms with Gasteiger partial charge in [0.05, 0.1) is 29.6 Å². The van der Waals surface area contributed by atoms with Gasteiger partial charge >= 0.3 is 5.97 Å². The molecule has 1 aromatic carbocycles. The number of esters is 1. The number of aromatic nitrogens is 1. The van der Waals surface area contributed by atoms with Crippen LogP contribution in [0.4, 0.5) is 4.39 Å². The molecule has 2 rings (SSSR count). The Kier molecular flexibility index (Phi) is 6.01. The van der Waals surface area contributed by atoms with Crippen LogP contribution in [0.25, 0.3) is 10.9 Å². The summed E-state index contributed by atoms with van der Waals surface area (Å²) in [7, 11) is 1.26. The van der Waals surface area contributed by atoms with Crippen molar-refractivity contribution in [3.05, 3.63) is 45.0 Å². The van der Waals surface area contributed by atoms with Crippen LogP contribution >= 0.6 is 23.4 Å². The molecule has 1 aromatic heterocycles. The first-order valence-corrected chi connectivity index (χ1v) is 8.51. The second-order valence-electron chi connectivity index (χ2n) is 4.90. The largest absolute Gasteiger partial charge is 0.469 e. The smallest absolute Gasteiger partial charge is 0.306 e. The summed E-state index contributed by atoms with van der Waals surface area (Å²) < 4.78 is 19.9. The number of halogens is 2. The molecule has 0 fully saturated rings. The van der Waals surface area contributed by atoms with Crippen molar-refractivity contribution in [1.29, 1.82) is 0 Å². The van der Waals surface area contributed by atoms with E-state index >= 15 is 0 Å².